The Morgan fingerprint density at radius 1 is 1.23 bits per heavy atom. The van der Waals surface area contributed by atoms with Gasteiger partial charge >= 0.3 is 0 Å². The zero-order valence-electron chi connectivity index (χ0n) is 13.9. The predicted octanol–water partition coefficient (Wildman–Crippen LogP) is 4.55. The molecule has 2 atom stereocenters. The third-order valence-electron chi connectivity index (χ3n) is 5.48. The smallest absolute Gasteiger partial charge is 0.0474 e. The predicted molar refractivity (Wildman–Crippen MR) is 97.1 cm³/mol. The molecule has 1 aliphatic carbocycles. The Labute approximate surface area is 143 Å². The van der Waals surface area contributed by atoms with Crippen LogP contribution in [0.3, 0.4) is 0 Å². The molecule has 22 heavy (non-hydrogen) atoms. The van der Waals surface area contributed by atoms with Crippen LogP contribution < -0.4 is 5.32 Å². The lowest BCUT2D eigenvalue weighted by molar-refractivity contribution is 0.142. The van der Waals surface area contributed by atoms with Gasteiger partial charge in [-0.05, 0) is 49.1 Å². The summed E-state index contributed by atoms with van der Waals surface area (Å²) in [6, 6.07) is 8.82. The third kappa shape index (κ3) is 4.81. The van der Waals surface area contributed by atoms with Crippen LogP contribution in [-0.4, -0.2) is 24.3 Å². The van der Waals surface area contributed by atoms with Crippen LogP contribution in [0.25, 0.3) is 0 Å². The van der Waals surface area contributed by atoms with E-state index in [1.165, 1.54) is 37.7 Å². The van der Waals surface area contributed by atoms with Crippen molar-refractivity contribution in [3.63, 3.8) is 0 Å². The van der Waals surface area contributed by atoms with Gasteiger partial charge in [0.1, 0.15) is 0 Å². The van der Waals surface area contributed by atoms with Gasteiger partial charge in [-0.25, -0.2) is 0 Å². The van der Waals surface area contributed by atoms with Crippen molar-refractivity contribution in [2.45, 2.75) is 58.4 Å². The van der Waals surface area contributed by atoms with E-state index in [1.807, 2.05) is 6.07 Å². The number of nitrogens with one attached hydrogen (secondary N) is 1. The van der Waals surface area contributed by atoms with Gasteiger partial charge in [0.2, 0.25) is 0 Å². The van der Waals surface area contributed by atoms with Crippen LogP contribution in [0.4, 0.5) is 0 Å². The van der Waals surface area contributed by atoms with Crippen molar-refractivity contribution in [3.05, 3.63) is 34.3 Å². The topological polar surface area (TPSA) is 32.3 Å². The fraction of sp³-hybridized carbons (Fsp3) is 0.684. The molecule has 124 valence electrons. The van der Waals surface area contributed by atoms with Crippen molar-refractivity contribution in [3.8, 4) is 0 Å². The second kappa shape index (κ2) is 8.47. The number of aliphatic hydroxyl groups is 1. The van der Waals surface area contributed by atoms with E-state index in [2.05, 4.69) is 53.3 Å². The van der Waals surface area contributed by atoms with Gasteiger partial charge in [0.25, 0.3) is 0 Å². The molecule has 1 aromatic rings. The summed E-state index contributed by atoms with van der Waals surface area (Å²) >= 11 is 3.60. The Balaban J connectivity index is 1.86. The SMILES string of the molecule is CC(NCC(CO)Cc1ccccc1Br)C1(C)CCCCC1. The molecule has 1 aromatic carbocycles. The Morgan fingerprint density at radius 2 is 1.91 bits per heavy atom. The van der Waals surface area contributed by atoms with Crippen LogP contribution in [0.1, 0.15) is 51.5 Å². The highest BCUT2D eigenvalue weighted by Crippen LogP contribution is 2.38. The number of hydrogen-bond acceptors (Lipinski definition) is 2. The number of rotatable bonds is 7. The standard InChI is InChI=1S/C19H30BrNO/c1-15(19(2)10-6-3-7-11-19)21-13-16(14-22)12-17-8-4-5-9-18(17)20/h4-5,8-9,15-16,21-22H,3,6-7,10-14H2,1-2H3. The Morgan fingerprint density at radius 3 is 2.55 bits per heavy atom. The van der Waals surface area contributed by atoms with Gasteiger partial charge in [0, 0.05) is 23.7 Å². The summed E-state index contributed by atoms with van der Waals surface area (Å²) in [5.74, 6) is 0.272. The second-order valence-electron chi connectivity index (χ2n) is 7.19. The van der Waals surface area contributed by atoms with Gasteiger partial charge < -0.3 is 10.4 Å². The minimum Gasteiger partial charge on any atom is -0.396 e. The van der Waals surface area contributed by atoms with Crippen LogP contribution in [0.2, 0.25) is 0 Å². The third-order valence-corrected chi connectivity index (χ3v) is 6.25. The molecule has 0 saturated heterocycles. The number of benzene rings is 1. The van der Waals surface area contributed by atoms with E-state index in [1.54, 1.807) is 0 Å². The van der Waals surface area contributed by atoms with E-state index in [-0.39, 0.29) is 12.5 Å². The first-order valence-corrected chi connectivity index (χ1v) is 9.42. The minimum absolute atomic E-state index is 0.234. The molecule has 0 amide bonds. The molecular formula is C19H30BrNO. The normalized spacial score (nSPS) is 20.5. The minimum atomic E-state index is 0.234. The van der Waals surface area contributed by atoms with Crippen LogP contribution in [0.15, 0.2) is 28.7 Å². The van der Waals surface area contributed by atoms with Crippen molar-refractivity contribution in [2.24, 2.45) is 11.3 Å². The molecule has 0 heterocycles. The first-order chi connectivity index (χ1) is 10.5. The van der Waals surface area contributed by atoms with E-state index in [0.717, 1.165) is 17.4 Å². The van der Waals surface area contributed by atoms with Gasteiger partial charge in [-0.3, -0.25) is 0 Å². The molecule has 2 rings (SSSR count). The molecular weight excluding hydrogens is 338 g/mol. The molecule has 1 saturated carbocycles. The van der Waals surface area contributed by atoms with Crippen molar-refractivity contribution in [1.29, 1.82) is 0 Å². The highest BCUT2D eigenvalue weighted by Gasteiger charge is 2.32. The average Bonchev–Trinajstić information content (AvgIpc) is 2.53. The molecule has 0 aliphatic heterocycles. The largest absolute Gasteiger partial charge is 0.396 e. The highest BCUT2D eigenvalue weighted by molar-refractivity contribution is 9.10. The van der Waals surface area contributed by atoms with Crippen molar-refractivity contribution in [2.75, 3.05) is 13.2 Å². The maximum absolute atomic E-state index is 9.71. The number of halogens is 1. The Hall–Kier alpha value is -0.380. The molecule has 0 spiro atoms. The lowest BCUT2D eigenvalue weighted by Crippen LogP contribution is -2.45. The van der Waals surface area contributed by atoms with Gasteiger partial charge in [0.05, 0.1) is 0 Å². The van der Waals surface area contributed by atoms with E-state index in [0.29, 0.717) is 11.5 Å². The molecule has 1 fully saturated rings. The van der Waals surface area contributed by atoms with Crippen LogP contribution in [0, 0.1) is 11.3 Å². The van der Waals surface area contributed by atoms with Crippen LogP contribution >= 0.6 is 15.9 Å². The first kappa shape index (κ1) is 18.0. The highest BCUT2D eigenvalue weighted by atomic mass is 79.9. The van der Waals surface area contributed by atoms with Gasteiger partial charge in [0.15, 0.2) is 0 Å². The van der Waals surface area contributed by atoms with Crippen molar-refractivity contribution < 1.29 is 5.11 Å². The molecule has 0 bridgehead atoms. The van der Waals surface area contributed by atoms with Crippen molar-refractivity contribution in [1.82, 2.24) is 5.32 Å². The number of hydrogen-bond donors (Lipinski definition) is 2. The van der Waals surface area contributed by atoms with E-state index < -0.39 is 0 Å². The van der Waals surface area contributed by atoms with Gasteiger partial charge in [-0.1, -0.05) is 60.3 Å². The average molecular weight is 368 g/mol. The molecule has 0 radical (unpaired) electrons. The summed E-state index contributed by atoms with van der Waals surface area (Å²) in [4.78, 5) is 0. The van der Waals surface area contributed by atoms with Crippen LogP contribution in [0.5, 0.6) is 0 Å². The molecule has 3 heteroatoms. The maximum atomic E-state index is 9.71. The summed E-state index contributed by atoms with van der Waals surface area (Å²) < 4.78 is 1.14. The molecule has 2 N–H and O–H groups in total. The molecule has 0 aromatic heterocycles. The lowest BCUT2D eigenvalue weighted by atomic mass is 9.71. The summed E-state index contributed by atoms with van der Waals surface area (Å²) in [7, 11) is 0. The zero-order chi connectivity index (χ0) is 16.0. The fourth-order valence-corrected chi connectivity index (χ4v) is 4.01. The van der Waals surface area contributed by atoms with E-state index in [4.69, 9.17) is 0 Å². The Kier molecular flexibility index (Phi) is 6.91. The number of aliphatic hydroxyl groups excluding tert-OH is 1. The Bertz CT molecular complexity index is 457. The zero-order valence-corrected chi connectivity index (χ0v) is 15.5. The maximum Gasteiger partial charge on any atom is 0.0474 e. The second-order valence-corrected chi connectivity index (χ2v) is 8.04. The summed E-state index contributed by atoms with van der Waals surface area (Å²) in [6.45, 7) is 5.86. The first-order valence-electron chi connectivity index (χ1n) is 8.63. The monoisotopic (exact) mass is 367 g/mol. The summed E-state index contributed by atoms with van der Waals surface area (Å²) in [5.41, 5.74) is 1.70. The fourth-order valence-electron chi connectivity index (χ4n) is 3.56. The van der Waals surface area contributed by atoms with E-state index >= 15 is 0 Å². The quantitative estimate of drug-likeness (QED) is 0.740. The summed E-state index contributed by atoms with van der Waals surface area (Å²) in [5, 5.41) is 13.4. The lowest BCUT2D eigenvalue weighted by Gasteiger charge is -2.40. The van der Waals surface area contributed by atoms with Crippen LogP contribution in [-0.2, 0) is 6.42 Å². The summed E-state index contributed by atoms with van der Waals surface area (Å²) in [6.07, 6.45) is 7.69. The molecule has 2 nitrogen and oxygen atoms in total. The van der Waals surface area contributed by atoms with Crippen molar-refractivity contribution >= 4 is 15.9 Å². The van der Waals surface area contributed by atoms with Gasteiger partial charge in [-0.2, -0.15) is 0 Å². The molecule has 2 unspecified atom stereocenters. The molecule has 1 aliphatic rings. The van der Waals surface area contributed by atoms with E-state index in [9.17, 15) is 5.11 Å². The van der Waals surface area contributed by atoms with Gasteiger partial charge in [-0.15, -0.1) is 0 Å².